The number of sulfonamides is 1. The van der Waals surface area contributed by atoms with Crippen LogP contribution in [0.3, 0.4) is 0 Å². The van der Waals surface area contributed by atoms with Crippen LogP contribution in [-0.4, -0.2) is 71.1 Å². The van der Waals surface area contributed by atoms with Gasteiger partial charge < -0.3 is 15.0 Å². The zero-order valence-corrected chi connectivity index (χ0v) is 15.9. The van der Waals surface area contributed by atoms with Crippen LogP contribution in [0.25, 0.3) is 0 Å². The molecule has 144 valence electrons. The van der Waals surface area contributed by atoms with E-state index in [1.54, 1.807) is 18.2 Å². The minimum Gasteiger partial charge on any atom is -0.370 e. The molecule has 2 heterocycles. The Bertz CT molecular complexity index is 711. The number of nitrogens with one attached hydrogen (secondary N) is 2. The van der Waals surface area contributed by atoms with Crippen LogP contribution in [0.1, 0.15) is 29.6 Å². The second-order valence-corrected chi connectivity index (χ2v) is 8.80. The fourth-order valence-electron chi connectivity index (χ4n) is 3.43. The predicted octanol–water partition coefficient (Wildman–Crippen LogP) is -0.494. The fourth-order valence-corrected chi connectivity index (χ4v) is 4.99. The average Bonchev–Trinajstić information content (AvgIpc) is 3.22. The predicted molar refractivity (Wildman–Crippen MR) is 97.8 cm³/mol. The van der Waals surface area contributed by atoms with E-state index in [-0.39, 0.29) is 10.8 Å². The number of hydrogen-bond donors (Lipinski definition) is 2. The smallest absolute Gasteiger partial charge is 0.251 e. The number of quaternary nitrogens is 1. The molecular weight excluding hydrogens is 354 g/mol. The molecule has 1 aromatic carbocycles. The highest BCUT2D eigenvalue weighted by Crippen LogP contribution is 2.21. The van der Waals surface area contributed by atoms with Gasteiger partial charge in [-0.3, -0.25) is 4.79 Å². The first-order chi connectivity index (χ1) is 12.6. The lowest BCUT2D eigenvalue weighted by Crippen LogP contribution is -3.14. The van der Waals surface area contributed by atoms with Crippen molar-refractivity contribution in [1.29, 1.82) is 0 Å². The van der Waals surface area contributed by atoms with Crippen molar-refractivity contribution in [3.8, 4) is 0 Å². The van der Waals surface area contributed by atoms with Crippen molar-refractivity contribution in [2.45, 2.75) is 24.2 Å². The van der Waals surface area contributed by atoms with Crippen LogP contribution in [0.15, 0.2) is 29.2 Å². The molecule has 2 N–H and O–H groups in total. The summed E-state index contributed by atoms with van der Waals surface area (Å²) in [5.74, 6) is -0.222. The molecule has 1 amide bonds. The number of morpholine rings is 1. The average molecular weight is 383 g/mol. The maximum absolute atomic E-state index is 12.6. The topological polar surface area (TPSA) is 80.1 Å². The highest BCUT2D eigenvalue weighted by Gasteiger charge is 2.27. The number of carbonyl (C=O) groups is 1. The Labute approximate surface area is 155 Å². The molecule has 0 saturated carbocycles. The normalized spacial score (nSPS) is 19.5. The first-order valence-electron chi connectivity index (χ1n) is 9.37. The summed E-state index contributed by atoms with van der Waals surface area (Å²) < 4.78 is 32.1. The van der Waals surface area contributed by atoms with Crippen molar-refractivity contribution in [3.63, 3.8) is 0 Å². The highest BCUT2D eigenvalue weighted by molar-refractivity contribution is 7.89. The lowest BCUT2D eigenvalue weighted by molar-refractivity contribution is -0.908. The Morgan fingerprint density at radius 2 is 1.92 bits per heavy atom. The number of benzene rings is 1. The van der Waals surface area contributed by atoms with E-state index in [1.165, 1.54) is 15.3 Å². The molecule has 26 heavy (non-hydrogen) atoms. The summed E-state index contributed by atoms with van der Waals surface area (Å²) in [6.45, 7) is 6.36. The second-order valence-electron chi connectivity index (χ2n) is 6.86. The molecule has 7 nitrogen and oxygen atoms in total. The summed E-state index contributed by atoms with van der Waals surface area (Å²) >= 11 is 0. The Balaban J connectivity index is 1.53. The number of nitrogens with zero attached hydrogens (tertiary/aromatic N) is 1. The minimum atomic E-state index is -3.50. The van der Waals surface area contributed by atoms with Gasteiger partial charge >= 0.3 is 0 Å². The van der Waals surface area contributed by atoms with Gasteiger partial charge in [0.1, 0.15) is 13.1 Å². The number of amides is 1. The standard InChI is InChI=1S/C18H27N3O4S/c22-18(19-7-4-8-20-11-13-25-14-12-20)16-5-3-6-17(15-16)26(23,24)21-9-1-2-10-21/h3,5-6,15H,1-2,4,7-14H2,(H,19,22)/p+1. The molecule has 0 aromatic heterocycles. The summed E-state index contributed by atoms with van der Waals surface area (Å²) in [5, 5.41) is 2.89. The van der Waals surface area contributed by atoms with Gasteiger partial charge in [0.15, 0.2) is 0 Å². The fraction of sp³-hybridized carbons (Fsp3) is 0.611. The quantitative estimate of drug-likeness (QED) is 0.624. The number of ether oxygens (including phenoxy) is 1. The van der Waals surface area contributed by atoms with Crippen molar-refractivity contribution in [2.75, 3.05) is 52.5 Å². The molecule has 0 unspecified atom stereocenters. The van der Waals surface area contributed by atoms with Crippen molar-refractivity contribution in [2.24, 2.45) is 0 Å². The lowest BCUT2D eigenvalue weighted by Gasteiger charge is -2.23. The third kappa shape index (κ3) is 4.82. The Kier molecular flexibility index (Phi) is 6.63. The van der Waals surface area contributed by atoms with Crippen LogP contribution in [0, 0.1) is 0 Å². The largest absolute Gasteiger partial charge is 0.370 e. The van der Waals surface area contributed by atoms with E-state index in [1.807, 2.05) is 0 Å². The summed E-state index contributed by atoms with van der Waals surface area (Å²) in [6.07, 6.45) is 2.68. The van der Waals surface area contributed by atoms with Gasteiger partial charge in [0.25, 0.3) is 5.91 Å². The van der Waals surface area contributed by atoms with Crippen molar-refractivity contribution in [3.05, 3.63) is 29.8 Å². The molecule has 0 atom stereocenters. The Morgan fingerprint density at radius 3 is 2.65 bits per heavy atom. The van der Waals surface area contributed by atoms with E-state index in [2.05, 4.69) is 5.32 Å². The molecule has 0 aliphatic carbocycles. The molecule has 2 aliphatic rings. The minimum absolute atomic E-state index is 0.199. The Hall–Kier alpha value is -1.48. The SMILES string of the molecule is O=C(NCCC[NH+]1CCOCC1)c1cccc(S(=O)(=O)N2CCCC2)c1. The van der Waals surface area contributed by atoms with Crippen LogP contribution in [0.4, 0.5) is 0 Å². The van der Waals surface area contributed by atoms with Crippen molar-refractivity contribution in [1.82, 2.24) is 9.62 Å². The summed E-state index contributed by atoms with van der Waals surface area (Å²) in [4.78, 5) is 14.1. The third-order valence-electron chi connectivity index (χ3n) is 4.99. The summed E-state index contributed by atoms with van der Waals surface area (Å²) in [7, 11) is -3.50. The van der Waals surface area contributed by atoms with Crippen LogP contribution in [0.5, 0.6) is 0 Å². The van der Waals surface area contributed by atoms with Gasteiger partial charge in [-0.25, -0.2) is 8.42 Å². The molecule has 0 bridgehead atoms. The van der Waals surface area contributed by atoms with Crippen LogP contribution in [0.2, 0.25) is 0 Å². The number of carbonyl (C=O) groups excluding carboxylic acids is 1. The van der Waals surface area contributed by atoms with Gasteiger partial charge in [0, 0.05) is 31.6 Å². The van der Waals surface area contributed by atoms with E-state index < -0.39 is 10.0 Å². The first kappa shape index (κ1) is 19.3. The van der Waals surface area contributed by atoms with E-state index >= 15 is 0 Å². The van der Waals surface area contributed by atoms with E-state index in [0.717, 1.165) is 52.1 Å². The monoisotopic (exact) mass is 382 g/mol. The van der Waals surface area contributed by atoms with Gasteiger partial charge in [-0.15, -0.1) is 0 Å². The molecule has 3 rings (SSSR count). The van der Waals surface area contributed by atoms with E-state index in [4.69, 9.17) is 4.74 Å². The molecule has 1 aromatic rings. The van der Waals surface area contributed by atoms with Crippen molar-refractivity contribution >= 4 is 15.9 Å². The van der Waals surface area contributed by atoms with Crippen LogP contribution < -0.4 is 10.2 Å². The maximum Gasteiger partial charge on any atom is 0.251 e. The van der Waals surface area contributed by atoms with Gasteiger partial charge in [-0.05, 0) is 31.0 Å². The van der Waals surface area contributed by atoms with Crippen molar-refractivity contribution < 1.29 is 22.8 Å². The van der Waals surface area contributed by atoms with Crippen LogP contribution >= 0.6 is 0 Å². The first-order valence-corrected chi connectivity index (χ1v) is 10.8. The number of rotatable bonds is 7. The van der Waals surface area contributed by atoms with E-state index in [9.17, 15) is 13.2 Å². The Morgan fingerprint density at radius 1 is 1.19 bits per heavy atom. The zero-order valence-electron chi connectivity index (χ0n) is 15.1. The van der Waals surface area contributed by atoms with Gasteiger partial charge in [0.2, 0.25) is 10.0 Å². The van der Waals surface area contributed by atoms with Gasteiger partial charge in [-0.2, -0.15) is 4.31 Å². The molecule has 0 spiro atoms. The lowest BCUT2D eigenvalue weighted by atomic mass is 10.2. The molecular formula is C18H28N3O4S+. The second kappa shape index (κ2) is 8.94. The molecule has 2 saturated heterocycles. The molecule has 0 radical (unpaired) electrons. The maximum atomic E-state index is 12.6. The number of hydrogen-bond acceptors (Lipinski definition) is 4. The van der Waals surface area contributed by atoms with Gasteiger partial charge in [0.05, 0.1) is 24.7 Å². The summed E-state index contributed by atoms with van der Waals surface area (Å²) in [6, 6.07) is 6.34. The third-order valence-corrected chi connectivity index (χ3v) is 6.89. The molecule has 8 heteroatoms. The van der Waals surface area contributed by atoms with Gasteiger partial charge in [-0.1, -0.05) is 6.07 Å². The molecule has 2 aliphatic heterocycles. The van der Waals surface area contributed by atoms with E-state index in [0.29, 0.717) is 25.2 Å². The summed E-state index contributed by atoms with van der Waals surface area (Å²) in [5.41, 5.74) is 0.393. The molecule has 2 fully saturated rings. The van der Waals surface area contributed by atoms with Crippen LogP contribution in [-0.2, 0) is 14.8 Å². The zero-order chi connectivity index (χ0) is 18.4. The highest BCUT2D eigenvalue weighted by atomic mass is 32.2.